The number of rotatable bonds is 6. The lowest BCUT2D eigenvalue weighted by Gasteiger charge is -2.20. The van der Waals surface area contributed by atoms with Gasteiger partial charge >= 0.3 is 0 Å². The Labute approximate surface area is 96.0 Å². The number of hydrogen-bond donors (Lipinski definition) is 2. The monoisotopic (exact) mass is 224 g/mol. The quantitative estimate of drug-likeness (QED) is 0.671. The largest absolute Gasteiger partial charge is 0.369 e. The molecule has 0 aliphatic carbocycles. The van der Waals surface area contributed by atoms with Gasteiger partial charge in [-0.3, -0.25) is 9.48 Å². The standard InChI is InChI=1S/C11H20N4O/c1-11(2,10(12)16)8-13-6-4-9-5-7-14-15(9)3/h5,7,13H,4,6,8H2,1-3H3,(H2,12,16). The molecule has 0 aliphatic heterocycles. The molecule has 1 amide bonds. The first-order valence-electron chi connectivity index (χ1n) is 5.41. The molecule has 1 rings (SSSR count). The van der Waals surface area contributed by atoms with E-state index < -0.39 is 5.41 Å². The van der Waals surface area contributed by atoms with E-state index in [1.165, 1.54) is 5.69 Å². The second-order valence-electron chi connectivity index (χ2n) is 4.62. The van der Waals surface area contributed by atoms with Crippen LogP contribution in [0.15, 0.2) is 12.3 Å². The van der Waals surface area contributed by atoms with E-state index in [2.05, 4.69) is 10.4 Å². The molecule has 5 heteroatoms. The number of primary amides is 1. The van der Waals surface area contributed by atoms with Crippen LogP contribution in [0.1, 0.15) is 19.5 Å². The van der Waals surface area contributed by atoms with E-state index in [0.717, 1.165) is 13.0 Å². The van der Waals surface area contributed by atoms with Crippen LogP contribution < -0.4 is 11.1 Å². The molecule has 16 heavy (non-hydrogen) atoms. The second kappa shape index (κ2) is 5.12. The lowest BCUT2D eigenvalue weighted by molar-refractivity contribution is -0.125. The number of hydrogen-bond acceptors (Lipinski definition) is 3. The lowest BCUT2D eigenvalue weighted by atomic mass is 9.93. The zero-order valence-corrected chi connectivity index (χ0v) is 10.2. The van der Waals surface area contributed by atoms with Gasteiger partial charge in [0.2, 0.25) is 5.91 Å². The summed E-state index contributed by atoms with van der Waals surface area (Å²) in [7, 11) is 1.92. The van der Waals surface area contributed by atoms with E-state index in [0.29, 0.717) is 6.54 Å². The molecular weight excluding hydrogens is 204 g/mol. The highest BCUT2D eigenvalue weighted by molar-refractivity contribution is 5.80. The van der Waals surface area contributed by atoms with E-state index in [9.17, 15) is 4.79 Å². The average molecular weight is 224 g/mol. The van der Waals surface area contributed by atoms with Gasteiger partial charge in [-0.1, -0.05) is 0 Å². The van der Waals surface area contributed by atoms with Gasteiger partial charge in [-0.15, -0.1) is 0 Å². The zero-order chi connectivity index (χ0) is 12.2. The molecule has 90 valence electrons. The maximum absolute atomic E-state index is 11.1. The van der Waals surface area contributed by atoms with Crippen LogP contribution in [0.2, 0.25) is 0 Å². The van der Waals surface area contributed by atoms with Gasteiger partial charge in [0.15, 0.2) is 0 Å². The van der Waals surface area contributed by atoms with Crippen molar-refractivity contribution >= 4 is 5.91 Å². The van der Waals surface area contributed by atoms with Crippen molar-refractivity contribution in [2.45, 2.75) is 20.3 Å². The normalized spacial score (nSPS) is 11.7. The van der Waals surface area contributed by atoms with Gasteiger partial charge in [0.1, 0.15) is 0 Å². The Kier molecular flexibility index (Phi) is 4.06. The SMILES string of the molecule is Cn1nccc1CCNCC(C)(C)C(N)=O. The van der Waals surface area contributed by atoms with Gasteiger partial charge in [-0.05, 0) is 19.9 Å². The summed E-state index contributed by atoms with van der Waals surface area (Å²) in [5.41, 5.74) is 5.96. The topological polar surface area (TPSA) is 72.9 Å². The average Bonchev–Trinajstić information content (AvgIpc) is 2.59. The number of nitrogens with one attached hydrogen (secondary N) is 1. The minimum Gasteiger partial charge on any atom is -0.369 e. The Hall–Kier alpha value is -1.36. The second-order valence-corrected chi connectivity index (χ2v) is 4.62. The summed E-state index contributed by atoms with van der Waals surface area (Å²) >= 11 is 0. The molecule has 0 saturated carbocycles. The van der Waals surface area contributed by atoms with Crippen LogP contribution in [0.4, 0.5) is 0 Å². The third-order valence-electron chi connectivity index (χ3n) is 2.71. The molecule has 0 fully saturated rings. The minimum atomic E-state index is -0.494. The highest BCUT2D eigenvalue weighted by Gasteiger charge is 2.23. The highest BCUT2D eigenvalue weighted by atomic mass is 16.1. The maximum Gasteiger partial charge on any atom is 0.224 e. The van der Waals surface area contributed by atoms with Gasteiger partial charge < -0.3 is 11.1 Å². The molecule has 0 unspecified atom stereocenters. The first-order chi connectivity index (χ1) is 7.43. The molecule has 3 N–H and O–H groups in total. The Bertz CT molecular complexity index is 357. The third kappa shape index (κ3) is 3.34. The van der Waals surface area contributed by atoms with Crippen LogP contribution in [-0.4, -0.2) is 28.8 Å². The van der Waals surface area contributed by atoms with Crippen molar-refractivity contribution in [3.63, 3.8) is 0 Å². The predicted octanol–water partition coefficient (Wildman–Crippen LogP) is 0.0637. The number of nitrogens with two attached hydrogens (primary N) is 1. The summed E-state index contributed by atoms with van der Waals surface area (Å²) < 4.78 is 1.85. The number of carbonyl (C=O) groups excluding carboxylic acids is 1. The van der Waals surface area contributed by atoms with E-state index in [-0.39, 0.29) is 5.91 Å². The third-order valence-corrected chi connectivity index (χ3v) is 2.71. The fourth-order valence-electron chi connectivity index (χ4n) is 1.35. The van der Waals surface area contributed by atoms with Crippen molar-refractivity contribution in [2.75, 3.05) is 13.1 Å². The number of carbonyl (C=O) groups is 1. The summed E-state index contributed by atoms with van der Waals surface area (Å²) in [5.74, 6) is -0.277. The van der Waals surface area contributed by atoms with Crippen LogP contribution in [0, 0.1) is 5.41 Å². The van der Waals surface area contributed by atoms with Crippen LogP contribution in [0.25, 0.3) is 0 Å². The molecule has 0 saturated heterocycles. The highest BCUT2D eigenvalue weighted by Crippen LogP contribution is 2.11. The molecule has 0 atom stereocenters. The first kappa shape index (κ1) is 12.7. The lowest BCUT2D eigenvalue weighted by Crippen LogP contribution is -2.41. The molecular formula is C11H20N4O. The molecule has 0 radical (unpaired) electrons. The summed E-state index contributed by atoms with van der Waals surface area (Å²) in [5, 5.41) is 7.32. The van der Waals surface area contributed by atoms with Crippen LogP contribution in [-0.2, 0) is 18.3 Å². The number of amides is 1. The predicted molar refractivity (Wildman–Crippen MR) is 62.8 cm³/mol. The van der Waals surface area contributed by atoms with Gasteiger partial charge in [0.05, 0.1) is 5.41 Å². The summed E-state index contributed by atoms with van der Waals surface area (Å²) in [6.07, 6.45) is 2.67. The molecule has 1 aromatic rings. The van der Waals surface area contributed by atoms with Gasteiger partial charge in [-0.25, -0.2) is 0 Å². The van der Waals surface area contributed by atoms with Crippen molar-refractivity contribution in [3.8, 4) is 0 Å². The fraction of sp³-hybridized carbons (Fsp3) is 0.636. The van der Waals surface area contributed by atoms with Crippen LogP contribution in [0.3, 0.4) is 0 Å². The van der Waals surface area contributed by atoms with E-state index in [1.54, 1.807) is 6.20 Å². The van der Waals surface area contributed by atoms with E-state index in [1.807, 2.05) is 31.6 Å². The molecule has 0 spiro atoms. The van der Waals surface area contributed by atoms with Crippen molar-refractivity contribution < 1.29 is 4.79 Å². The van der Waals surface area contributed by atoms with Crippen LogP contribution in [0.5, 0.6) is 0 Å². The fourth-order valence-corrected chi connectivity index (χ4v) is 1.35. The molecule has 1 aromatic heterocycles. The summed E-state index contributed by atoms with van der Waals surface area (Å²) in [6.45, 7) is 5.09. The molecule has 1 heterocycles. The summed E-state index contributed by atoms with van der Waals surface area (Å²) in [4.78, 5) is 11.1. The van der Waals surface area contributed by atoms with Gasteiger partial charge in [0, 0.05) is 38.4 Å². The van der Waals surface area contributed by atoms with Crippen molar-refractivity contribution in [1.29, 1.82) is 0 Å². The molecule has 0 aliphatic rings. The van der Waals surface area contributed by atoms with E-state index in [4.69, 9.17) is 5.73 Å². The van der Waals surface area contributed by atoms with Gasteiger partial charge in [-0.2, -0.15) is 5.10 Å². The number of aromatic nitrogens is 2. The minimum absolute atomic E-state index is 0.277. The van der Waals surface area contributed by atoms with E-state index >= 15 is 0 Å². The molecule has 0 aromatic carbocycles. The Morgan fingerprint density at radius 3 is 2.81 bits per heavy atom. The van der Waals surface area contributed by atoms with Crippen molar-refractivity contribution in [3.05, 3.63) is 18.0 Å². The Balaban J connectivity index is 2.27. The molecule has 0 bridgehead atoms. The van der Waals surface area contributed by atoms with Gasteiger partial charge in [0.25, 0.3) is 0 Å². The maximum atomic E-state index is 11.1. The molecule has 5 nitrogen and oxygen atoms in total. The number of nitrogens with zero attached hydrogens (tertiary/aromatic N) is 2. The first-order valence-corrected chi connectivity index (χ1v) is 5.41. The Morgan fingerprint density at radius 2 is 2.31 bits per heavy atom. The van der Waals surface area contributed by atoms with Crippen molar-refractivity contribution in [1.82, 2.24) is 15.1 Å². The van der Waals surface area contributed by atoms with Crippen molar-refractivity contribution in [2.24, 2.45) is 18.2 Å². The smallest absolute Gasteiger partial charge is 0.224 e. The Morgan fingerprint density at radius 1 is 1.62 bits per heavy atom. The number of aryl methyl sites for hydroxylation is 1. The summed E-state index contributed by atoms with van der Waals surface area (Å²) in [6, 6.07) is 1.99. The zero-order valence-electron chi connectivity index (χ0n) is 10.2. The van der Waals surface area contributed by atoms with Crippen LogP contribution >= 0.6 is 0 Å².